The van der Waals surface area contributed by atoms with Crippen molar-refractivity contribution in [3.8, 4) is 5.75 Å². The second kappa shape index (κ2) is 6.44. The van der Waals surface area contributed by atoms with Gasteiger partial charge in [0, 0.05) is 0 Å². The summed E-state index contributed by atoms with van der Waals surface area (Å²) in [5, 5.41) is 0. The van der Waals surface area contributed by atoms with Crippen molar-refractivity contribution >= 4 is 19.8 Å². The first-order valence-corrected chi connectivity index (χ1v) is 10.3. The number of pyridine rings is 1. The molecule has 17 heavy (non-hydrogen) atoms. The van der Waals surface area contributed by atoms with E-state index in [2.05, 4.69) is 19.6 Å². The van der Waals surface area contributed by atoms with Crippen LogP contribution in [0.25, 0.3) is 0 Å². The van der Waals surface area contributed by atoms with Crippen LogP contribution < -0.4 is 4.74 Å². The topological polar surface area (TPSA) is 31.4 Å². The van der Waals surface area contributed by atoms with E-state index < -0.39 is 39.0 Å². The molecule has 6 heteroatoms. The van der Waals surface area contributed by atoms with Gasteiger partial charge in [-0.15, -0.1) is 0 Å². The molecule has 0 aliphatic heterocycles. The Balaban J connectivity index is 2.52. The number of hydrogen-bond acceptors (Lipinski definition) is 3. The molecule has 0 atom stereocenters. The summed E-state index contributed by atoms with van der Waals surface area (Å²) in [6, 6.07) is 3.53. The van der Waals surface area contributed by atoms with Gasteiger partial charge in [0.2, 0.25) is 0 Å². The molecule has 0 N–H and O–H groups in total. The van der Waals surface area contributed by atoms with E-state index in [1.807, 2.05) is 6.07 Å². The van der Waals surface area contributed by atoms with Gasteiger partial charge in [-0.3, -0.25) is 0 Å². The van der Waals surface area contributed by atoms with E-state index in [0.29, 0.717) is 5.75 Å². The number of aromatic nitrogens is 1. The number of halogens is 3. The van der Waals surface area contributed by atoms with Gasteiger partial charge in [0.15, 0.2) is 0 Å². The second-order valence-electron chi connectivity index (χ2n) is 3.65. The first-order chi connectivity index (χ1) is 7.94. The van der Waals surface area contributed by atoms with Crippen LogP contribution in [0.3, 0.4) is 0 Å². The molecule has 0 unspecified atom stereocenters. The van der Waals surface area contributed by atoms with E-state index in [4.69, 9.17) is 4.74 Å². The fraction of sp³-hybridized carbons (Fsp3) is 0.545. The van der Waals surface area contributed by atoms with Crippen molar-refractivity contribution in [1.82, 2.24) is 4.98 Å². The quantitative estimate of drug-likeness (QED) is 0.445. The summed E-state index contributed by atoms with van der Waals surface area (Å²) in [5.74, 6) is -2.61. The van der Waals surface area contributed by atoms with Gasteiger partial charge in [-0.05, 0) is 0 Å². The maximum atomic E-state index is 13.1. The first kappa shape index (κ1) is 14.6. The molecular weight excluding hydrogens is 343 g/mol. The van der Waals surface area contributed by atoms with Gasteiger partial charge in [0.1, 0.15) is 0 Å². The Labute approximate surface area is 107 Å². The molecule has 0 amide bonds. The molecule has 0 bridgehead atoms. The van der Waals surface area contributed by atoms with Crippen LogP contribution in [0.1, 0.15) is 0 Å². The third kappa shape index (κ3) is 5.12. The molecule has 0 aromatic carbocycles. The van der Waals surface area contributed by atoms with E-state index >= 15 is 0 Å². The Hall–Kier alpha value is -0.500. The Kier molecular flexibility index (Phi) is 5.51. The zero-order valence-electron chi connectivity index (χ0n) is 10.0. The minimum atomic E-state index is -2.97. The van der Waals surface area contributed by atoms with Gasteiger partial charge >= 0.3 is 107 Å². The summed E-state index contributed by atoms with van der Waals surface area (Å²) in [6.07, 6.45) is 1.50. The summed E-state index contributed by atoms with van der Waals surface area (Å²) in [5.41, 5.74) is 0. The number of ether oxygens (including phenoxy) is 2. The molecule has 0 fully saturated rings. The van der Waals surface area contributed by atoms with Gasteiger partial charge in [0.25, 0.3) is 0 Å². The van der Waals surface area contributed by atoms with Gasteiger partial charge in [-0.25, -0.2) is 0 Å². The summed E-state index contributed by atoms with van der Waals surface area (Å²) >= 11 is -1.11. The van der Waals surface area contributed by atoms with Crippen molar-refractivity contribution in [2.24, 2.45) is 0 Å². The predicted octanol–water partition coefficient (Wildman–Crippen LogP) is 2.68. The first-order valence-electron chi connectivity index (χ1n) is 4.90. The van der Waals surface area contributed by atoms with Crippen molar-refractivity contribution in [1.29, 1.82) is 0 Å². The van der Waals surface area contributed by atoms with Crippen molar-refractivity contribution in [3.05, 3.63) is 22.0 Å². The van der Waals surface area contributed by atoms with E-state index in [-0.39, 0.29) is 0 Å². The van der Waals surface area contributed by atoms with Gasteiger partial charge in [-0.2, -0.15) is 0 Å². The van der Waals surface area contributed by atoms with Crippen LogP contribution in [-0.4, -0.2) is 41.1 Å². The fourth-order valence-corrected chi connectivity index (χ4v) is 2.71. The van der Waals surface area contributed by atoms with Crippen LogP contribution in [0.4, 0.5) is 8.78 Å². The van der Waals surface area contributed by atoms with E-state index in [1.165, 1.54) is 13.3 Å². The number of nitrogens with zero attached hydrogens (tertiary/aromatic N) is 1. The van der Waals surface area contributed by atoms with Crippen molar-refractivity contribution in [3.63, 3.8) is 0 Å². The number of hydrogen-bond donors (Lipinski definition) is 0. The van der Waals surface area contributed by atoms with Crippen LogP contribution in [-0.2, 0) is 4.74 Å². The zero-order valence-corrected chi connectivity index (χ0v) is 12.2. The van der Waals surface area contributed by atoms with Gasteiger partial charge in [-0.1, -0.05) is 0 Å². The molecule has 0 radical (unpaired) electrons. The molecular formula is C11H16F2INO2. The monoisotopic (exact) mass is 359 g/mol. The molecule has 0 aliphatic carbocycles. The number of alkyl halides is 4. The van der Waals surface area contributed by atoms with Crippen LogP contribution in [0.5, 0.6) is 5.75 Å². The summed E-state index contributed by atoms with van der Waals surface area (Å²) in [7, 11) is 1.23. The summed E-state index contributed by atoms with van der Waals surface area (Å²) < 4.78 is 36.6. The van der Waals surface area contributed by atoms with Gasteiger partial charge in [0.05, 0.1) is 0 Å². The van der Waals surface area contributed by atoms with E-state index in [9.17, 15) is 8.78 Å². The van der Waals surface area contributed by atoms with E-state index in [0.717, 1.165) is 3.70 Å². The summed E-state index contributed by atoms with van der Waals surface area (Å²) in [6.45, 7) is -1.33. The van der Waals surface area contributed by atoms with Crippen LogP contribution >= 0.6 is 19.8 Å². The van der Waals surface area contributed by atoms with Crippen LogP contribution in [0.15, 0.2) is 18.3 Å². The molecule has 3 nitrogen and oxygen atoms in total. The Bertz CT molecular complexity index is 344. The normalized spacial score (nSPS) is 12.4. The molecule has 1 aromatic heterocycles. The Morgan fingerprint density at radius 3 is 2.47 bits per heavy atom. The minimum absolute atomic E-state index is 0.363. The second-order valence-corrected chi connectivity index (χ2v) is 9.07. The molecule has 1 rings (SSSR count). The molecule has 98 valence electrons. The molecule has 0 aliphatic rings. The third-order valence-electron chi connectivity index (χ3n) is 1.89. The zero-order chi connectivity index (χ0) is 12.9. The Morgan fingerprint density at radius 2 is 2.00 bits per heavy atom. The number of rotatable bonds is 6. The Morgan fingerprint density at radius 1 is 1.29 bits per heavy atom. The van der Waals surface area contributed by atoms with E-state index in [1.54, 1.807) is 6.07 Å². The molecule has 0 saturated carbocycles. The predicted molar refractivity (Wildman–Crippen MR) is 71.1 cm³/mol. The van der Waals surface area contributed by atoms with Crippen molar-refractivity contribution in [2.45, 2.75) is 5.92 Å². The van der Waals surface area contributed by atoms with Crippen molar-refractivity contribution < 1.29 is 18.3 Å². The van der Waals surface area contributed by atoms with Crippen LogP contribution in [0, 0.1) is 3.70 Å². The third-order valence-corrected chi connectivity index (χ3v) is 4.74. The molecule has 1 aromatic rings. The molecule has 0 spiro atoms. The van der Waals surface area contributed by atoms with Crippen LogP contribution in [0.2, 0.25) is 0 Å². The average molecular weight is 359 g/mol. The fourth-order valence-electron chi connectivity index (χ4n) is 1.11. The molecule has 1 heterocycles. The maximum absolute atomic E-state index is 13.1. The average Bonchev–Trinajstić information content (AvgIpc) is 2.27. The van der Waals surface area contributed by atoms with Crippen molar-refractivity contribution in [2.75, 3.05) is 30.2 Å². The molecule has 0 saturated heterocycles. The number of methoxy groups -OCH3 is 1. The summed E-state index contributed by atoms with van der Waals surface area (Å²) in [4.78, 5) is 8.53. The standard InChI is InChI=1S/C11H16F2INO2/c1-14(2)10-5-4-9(6-15-10)17-8-11(12,13)7-16-3/h4-6H,7-8H2,1-3H3. The van der Waals surface area contributed by atoms with Gasteiger partial charge < -0.3 is 0 Å². The SMILES string of the molecule is COCC(F)(F)COc1ccc(I(C)C)nc1.